The van der Waals surface area contributed by atoms with Gasteiger partial charge in [-0.05, 0) is 19.3 Å². The Bertz CT molecular complexity index is 653. The SMILES string of the molecule is O=C(N[C@@H]1C[C@H]2CC[C@@H]1N2)c1cc(-c2ccccc2)on1. The van der Waals surface area contributed by atoms with E-state index in [0.29, 0.717) is 23.5 Å². The van der Waals surface area contributed by atoms with Gasteiger partial charge in [0.15, 0.2) is 11.5 Å². The molecule has 2 aliphatic heterocycles. The van der Waals surface area contributed by atoms with Crippen molar-refractivity contribution >= 4 is 5.91 Å². The first-order valence-corrected chi connectivity index (χ1v) is 7.38. The van der Waals surface area contributed by atoms with Crippen LogP contribution in [0.25, 0.3) is 11.3 Å². The van der Waals surface area contributed by atoms with Crippen molar-refractivity contribution in [3.8, 4) is 11.3 Å². The fraction of sp³-hybridized carbons (Fsp3) is 0.375. The molecule has 2 saturated heterocycles. The summed E-state index contributed by atoms with van der Waals surface area (Å²) in [5.41, 5.74) is 1.27. The molecular formula is C16H17N3O2. The van der Waals surface area contributed by atoms with Crippen LogP contribution in [0.2, 0.25) is 0 Å². The molecule has 0 unspecified atom stereocenters. The summed E-state index contributed by atoms with van der Waals surface area (Å²) >= 11 is 0. The lowest BCUT2D eigenvalue weighted by molar-refractivity contribution is 0.0922. The fourth-order valence-electron chi connectivity index (χ4n) is 3.35. The van der Waals surface area contributed by atoms with Gasteiger partial charge in [-0.15, -0.1) is 0 Å². The van der Waals surface area contributed by atoms with E-state index in [9.17, 15) is 4.79 Å². The molecule has 3 heterocycles. The van der Waals surface area contributed by atoms with Gasteiger partial charge in [0, 0.05) is 29.8 Å². The zero-order chi connectivity index (χ0) is 14.2. The van der Waals surface area contributed by atoms with Crippen molar-refractivity contribution in [2.75, 3.05) is 0 Å². The third-order valence-electron chi connectivity index (χ3n) is 4.42. The molecule has 2 N–H and O–H groups in total. The van der Waals surface area contributed by atoms with Crippen LogP contribution in [-0.2, 0) is 0 Å². The Labute approximate surface area is 122 Å². The molecule has 21 heavy (non-hydrogen) atoms. The van der Waals surface area contributed by atoms with Crippen molar-refractivity contribution in [1.29, 1.82) is 0 Å². The topological polar surface area (TPSA) is 67.2 Å². The summed E-state index contributed by atoms with van der Waals surface area (Å²) in [4.78, 5) is 12.3. The average molecular weight is 283 g/mol. The zero-order valence-electron chi connectivity index (χ0n) is 11.6. The minimum atomic E-state index is -0.153. The van der Waals surface area contributed by atoms with Gasteiger partial charge in [0.25, 0.3) is 5.91 Å². The monoisotopic (exact) mass is 283 g/mol. The van der Waals surface area contributed by atoms with Crippen molar-refractivity contribution in [3.05, 3.63) is 42.1 Å². The predicted octanol–water partition coefficient (Wildman–Crippen LogP) is 1.96. The highest BCUT2D eigenvalue weighted by Crippen LogP contribution is 2.28. The van der Waals surface area contributed by atoms with E-state index in [4.69, 9.17) is 4.52 Å². The molecule has 2 bridgehead atoms. The number of amides is 1. The van der Waals surface area contributed by atoms with Gasteiger partial charge in [0.1, 0.15) is 0 Å². The molecule has 1 amide bonds. The van der Waals surface area contributed by atoms with Gasteiger partial charge >= 0.3 is 0 Å². The van der Waals surface area contributed by atoms with Gasteiger partial charge in [-0.25, -0.2) is 0 Å². The normalized spacial score (nSPS) is 27.0. The molecule has 5 heteroatoms. The van der Waals surface area contributed by atoms with Crippen molar-refractivity contribution in [2.45, 2.75) is 37.4 Å². The molecule has 5 nitrogen and oxygen atoms in total. The van der Waals surface area contributed by atoms with Crippen molar-refractivity contribution in [2.24, 2.45) is 0 Å². The molecular weight excluding hydrogens is 266 g/mol. The molecule has 0 aliphatic carbocycles. The van der Waals surface area contributed by atoms with Gasteiger partial charge in [-0.2, -0.15) is 0 Å². The second kappa shape index (κ2) is 5.00. The molecule has 1 aromatic carbocycles. The van der Waals surface area contributed by atoms with Crippen LogP contribution in [0.4, 0.5) is 0 Å². The van der Waals surface area contributed by atoms with Crippen LogP contribution in [0.3, 0.4) is 0 Å². The Morgan fingerprint density at radius 3 is 2.86 bits per heavy atom. The maximum absolute atomic E-state index is 12.3. The van der Waals surface area contributed by atoms with E-state index in [2.05, 4.69) is 15.8 Å². The first kappa shape index (κ1) is 12.6. The van der Waals surface area contributed by atoms with Crippen LogP contribution in [0, 0.1) is 0 Å². The molecule has 3 atom stereocenters. The second-order valence-corrected chi connectivity index (χ2v) is 5.81. The third kappa shape index (κ3) is 2.34. The van der Waals surface area contributed by atoms with Gasteiger partial charge in [-0.3, -0.25) is 4.79 Å². The Kier molecular flexibility index (Phi) is 3.00. The minimum absolute atomic E-state index is 0.153. The molecule has 2 aliphatic rings. The molecule has 108 valence electrons. The highest BCUT2D eigenvalue weighted by Gasteiger charge is 2.39. The van der Waals surface area contributed by atoms with Crippen LogP contribution >= 0.6 is 0 Å². The summed E-state index contributed by atoms with van der Waals surface area (Å²) in [6, 6.07) is 12.6. The summed E-state index contributed by atoms with van der Waals surface area (Å²) < 4.78 is 5.27. The summed E-state index contributed by atoms with van der Waals surface area (Å²) in [7, 11) is 0. The molecule has 0 saturated carbocycles. The van der Waals surface area contributed by atoms with E-state index < -0.39 is 0 Å². The molecule has 1 aromatic heterocycles. The van der Waals surface area contributed by atoms with E-state index in [1.807, 2.05) is 30.3 Å². The summed E-state index contributed by atoms with van der Waals surface area (Å²) in [6.45, 7) is 0. The largest absolute Gasteiger partial charge is 0.355 e. The van der Waals surface area contributed by atoms with E-state index in [1.54, 1.807) is 6.07 Å². The number of carbonyl (C=O) groups is 1. The van der Waals surface area contributed by atoms with E-state index in [-0.39, 0.29) is 11.9 Å². The number of aromatic nitrogens is 1. The van der Waals surface area contributed by atoms with Crippen molar-refractivity contribution in [3.63, 3.8) is 0 Å². The van der Waals surface area contributed by atoms with E-state index in [0.717, 1.165) is 18.4 Å². The number of carbonyl (C=O) groups excluding carboxylic acids is 1. The van der Waals surface area contributed by atoms with E-state index in [1.165, 1.54) is 6.42 Å². The van der Waals surface area contributed by atoms with Gasteiger partial charge in [0.05, 0.1) is 0 Å². The Morgan fingerprint density at radius 2 is 2.14 bits per heavy atom. The second-order valence-electron chi connectivity index (χ2n) is 5.81. The maximum Gasteiger partial charge on any atom is 0.273 e. The van der Waals surface area contributed by atoms with Gasteiger partial charge in [0.2, 0.25) is 0 Å². The smallest absolute Gasteiger partial charge is 0.273 e. The van der Waals surface area contributed by atoms with E-state index >= 15 is 0 Å². The Hall–Kier alpha value is -2.14. The van der Waals surface area contributed by atoms with Crippen molar-refractivity contribution < 1.29 is 9.32 Å². The van der Waals surface area contributed by atoms with Crippen LogP contribution in [-0.4, -0.2) is 29.2 Å². The molecule has 2 fully saturated rings. The van der Waals surface area contributed by atoms with Gasteiger partial charge in [-0.1, -0.05) is 35.5 Å². The predicted molar refractivity (Wildman–Crippen MR) is 77.8 cm³/mol. The average Bonchev–Trinajstić information content (AvgIpc) is 3.24. The lowest BCUT2D eigenvalue weighted by Gasteiger charge is -2.20. The third-order valence-corrected chi connectivity index (χ3v) is 4.42. The summed E-state index contributed by atoms with van der Waals surface area (Å²) in [5, 5.41) is 10.5. The Balaban J connectivity index is 1.47. The number of benzene rings is 1. The van der Waals surface area contributed by atoms with Gasteiger partial charge < -0.3 is 15.2 Å². The fourth-order valence-corrected chi connectivity index (χ4v) is 3.35. The lowest BCUT2D eigenvalue weighted by atomic mass is 9.95. The quantitative estimate of drug-likeness (QED) is 0.903. The number of fused-ring (bicyclic) bond motifs is 2. The van der Waals surface area contributed by atoms with Crippen LogP contribution in [0.1, 0.15) is 29.8 Å². The van der Waals surface area contributed by atoms with Crippen LogP contribution in [0.5, 0.6) is 0 Å². The maximum atomic E-state index is 12.3. The lowest BCUT2D eigenvalue weighted by Crippen LogP contribution is -2.43. The number of hydrogen-bond acceptors (Lipinski definition) is 4. The number of rotatable bonds is 3. The number of nitrogens with zero attached hydrogens (tertiary/aromatic N) is 1. The first-order valence-electron chi connectivity index (χ1n) is 7.38. The van der Waals surface area contributed by atoms with Crippen LogP contribution in [0.15, 0.2) is 40.9 Å². The van der Waals surface area contributed by atoms with Crippen molar-refractivity contribution in [1.82, 2.24) is 15.8 Å². The highest BCUT2D eigenvalue weighted by atomic mass is 16.5. The standard InChI is InChI=1S/C16H17N3O2/c20-16(18-13-8-11-6-7-12(13)17-11)14-9-15(21-19-14)10-4-2-1-3-5-10/h1-5,9,11-13,17H,6-8H2,(H,18,20)/t11-,12+,13-/m1/s1. The molecule has 2 aromatic rings. The molecule has 0 radical (unpaired) electrons. The number of nitrogens with one attached hydrogen (secondary N) is 2. The highest BCUT2D eigenvalue weighted by molar-refractivity contribution is 5.93. The molecule has 0 spiro atoms. The minimum Gasteiger partial charge on any atom is -0.355 e. The first-order chi connectivity index (χ1) is 10.3. The zero-order valence-corrected chi connectivity index (χ0v) is 11.6. The number of hydrogen-bond donors (Lipinski definition) is 2. The summed E-state index contributed by atoms with van der Waals surface area (Å²) in [5.74, 6) is 0.465. The molecule has 4 rings (SSSR count). The van der Waals surface area contributed by atoms with Crippen LogP contribution < -0.4 is 10.6 Å². The Morgan fingerprint density at radius 1 is 1.29 bits per heavy atom. The summed E-state index contributed by atoms with van der Waals surface area (Å²) in [6.07, 6.45) is 3.38.